The average Bonchev–Trinajstić information content (AvgIpc) is 2.82. The van der Waals surface area contributed by atoms with Gasteiger partial charge in [0.25, 0.3) is 0 Å². The zero-order chi connectivity index (χ0) is 22.3. The van der Waals surface area contributed by atoms with Gasteiger partial charge in [0.2, 0.25) is 0 Å². The second-order valence-electron chi connectivity index (χ2n) is 7.48. The van der Waals surface area contributed by atoms with E-state index in [1.165, 1.54) is 6.07 Å². The molecule has 1 atom stereocenters. The van der Waals surface area contributed by atoms with E-state index in [0.29, 0.717) is 17.3 Å². The molecule has 2 N–H and O–H groups in total. The number of hydrogen-bond donors (Lipinski definition) is 1. The number of aromatic nitrogens is 1. The first-order chi connectivity index (χ1) is 15.6. The molecule has 4 rings (SSSR count). The summed E-state index contributed by atoms with van der Waals surface area (Å²) in [4.78, 5) is 17.1. The lowest BCUT2D eigenvalue weighted by Gasteiger charge is -2.17. The minimum atomic E-state index is -0.613. The summed E-state index contributed by atoms with van der Waals surface area (Å²) in [5.74, 6) is -0.877. The van der Waals surface area contributed by atoms with Crippen LogP contribution in [0.5, 0.6) is 5.75 Å². The monoisotopic (exact) mass is 430 g/mol. The first-order valence-corrected chi connectivity index (χ1v) is 10.3. The first-order valence-electron chi connectivity index (χ1n) is 10.3. The number of ether oxygens (including phenoxy) is 2. The maximum Gasteiger partial charge on any atom is 0.342 e. The molecular formula is C26H23FN2O3. The highest BCUT2D eigenvalue weighted by molar-refractivity contribution is 6.06. The van der Waals surface area contributed by atoms with Crippen LogP contribution in [0, 0.1) is 5.82 Å². The van der Waals surface area contributed by atoms with Gasteiger partial charge >= 0.3 is 5.97 Å². The number of benzene rings is 3. The van der Waals surface area contributed by atoms with Gasteiger partial charge in [0, 0.05) is 11.4 Å². The summed E-state index contributed by atoms with van der Waals surface area (Å²) < 4.78 is 25.4. The molecule has 0 radical (unpaired) electrons. The van der Waals surface area contributed by atoms with Crippen molar-refractivity contribution in [3.8, 4) is 5.75 Å². The lowest BCUT2D eigenvalue weighted by Crippen LogP contribution is -2.30. The second-order valence-corrected chi connectivity index (χ2v) is 7.48. The molecule has 6 heteroatoms. The zero-order valence-electron chi connectivity index (χ0n) is 17.4. The Morgan fingerprint density at radius 3 is 2.38 bits per heavy atom. The summed E-state index contributed by atoms with van der Waals surface area (Å²) in [6.45, 7) is 0.272. The average molecular weight is 430 g/mol. The summed E-state index contributed by atoms with van der Waals surface area (Å²) in [7, 11) is 0. The highest BCUT2D eigenvalue weighted by Gasteiger charge is 2.20. The third-order valence-corrected chi connectivity index (χ3v) is 5.00. The Morgan fingerprint density at radius 2 is 1.66 bits per heavy atom. The number of esters is 1. The molecule has 0 aliphatic carbocycles. The number of fused-ring (bicyclic) bond motifs is 1. The minimum absolute atomic E-state index is 0.0891. The second kappa shape index (κ2) is 10.0. The Labute approximate surface area is 185 Å². The fourth-order valence-electron chi connectivity index (χ4n) is 3.45. The van der Waals surface area contributed by atoms with E-state index in [-0.39, 0.29) is 30.6 Å². The molecule has 0 bridgehead atoms. The van der Waals surface area contributed by atoms with E-state index < -0.39 is 11.8 Å². The summed E-state index contributed by atoms with van der Waals surface area (Å²) in [6, 6.07) is 23.5. The highest BCUT2D eigenvalue weighted by Crippen LogP contribution is 2.29. The molecule has 5 nitrogen and oxygen atoms in total. The van der Waals surface area contributed by atoms with Crippen LogP contribution in [0.3, 0.4) is 0 Å². The van der Waals surface area contributed by atoms with E-state index in [9.17, 15) is 9.18 Å². The predicted molar refractivity (Wildman–Crippen MR) is 121 cm³/mol. The van der Waals surface area contributed by atoms with Crippen molar-refractivity contribution in [3.63, 3.8) is 0 Å². The molecule has 0 amide bonds. The Bertz CT molecular complexity index is 1200. The van der Waals surface area contributed by atoms with Gasteiger partial charge in [-0.2, -0.15) is 0 Å². The Balaban J connectivity index is 1.56. The van der Waals surface area contributed by atoms with Crippen LogP contribution in [0.1, 0.15) is 21.5 Å². The molecule has 32 heavy (non-hydrogen) atoms. The molecule has 0 fully saturated rings. The summed E-state index contributed by atoms with van der Waals surface area (Å²) in [6.07, 6.45) is 1.73. The summed E-state index contributed by atoms with van der Waals surface area (Å²) in [5, 5.41) is 0.331. The number of hydrogen-bond acceptors (Lipinski definition) is 5. The smallest absolute Gasteiger partial charge is 0.342 e. The highest BCUT2D eigenvalue weighted by atomic mass is 19.1. The molecule has 1 heterocycles. The normalized spacial score (nSPS) is 11.8. The molecule has 0 aliphatic heterocycles. The first kappa shape index (κ1) is 21.5. The molecule has 4 aromatic rings. The number of rotatable bonds is 8. The van der Waals surface area contributed by atoms with Crippen molar-refractivity contribution in [2.75, 3.05) is 6.61 Å². The molecule has 0 aliphatic rings. The van der Waals surface area contributed by atoms with E-state index in [0.717, 1.165) is 17.3 Å². The van der Waals surface area contributed by atoms with Crippen LogP contribution in [-0.4, -0.2) is 23.6 Å². The fraction of sp³-hybridized carbons (Fsp3) is 0.154. The molecule has 1 aromatic heterocycles. The molecule has 0 unspecified atom stereocenters. The zero-order valence-corrected chi connectivity index (χ0v) is 17.4. The SMILES string of the molecule is N[C@H](COc1ccc2ncc(F)cc2c1C(=O)OCc1ccccc1)Cc1ccccc1. The molecule has 3 aromatic carbocycles. The lowest BCUT2D eigenvalue weighted by atomic mass is 10.1. The molecule has 0 saturated carbocycles. The van der Waals surface area contributed by atoms with E-state index in [4.69, 9.17) is 15.2 Å². The fourth-order valence-corrected chi connectivity index (χ4v) is 3.45. The van der Waals surface area contributed by atoms with Gasteiger partial charge in [-0.15, -0.1) is 0 Å². The van der Waals surface area contributed by atoms with Gasteiger partial charge in [-0.1, -0.05) is 60.7 Å². The third-order valence-electron chi connectivity index (χ3n) is 5.00. The van der Waals surface area contributed by atoms with Crippen LogP contribution < -0.4 is 10.5 Å². The summed E-state index contributed by atoms with van der Waals surface area (Å²) >= 11 is 0. The maximum absolute atomic E-state index is 13.9. The van der Waals surface area contributed by atoms with Gasteiger partial charge in [0.05, 0.1) is 11.7 Å². The number of nitrogens with zero attached hydrogens (tertiary/aromatic N) is 1. The van der Waals surface area contributed by atoms with Crippen molar-refractivity contribution < 1.29 is 18.7 Å². The van der Waals surface area contributed by atoms with Crippen LogP contribution in [0.4, 0.5) is 4.39 Å². The quantitative estimate of drug-likeness (QED) is 0.411. The van der Waals surface area contributed by atoms with Crippen molar-refractivity contribution >= 4 is 16.9 Å². The minimum Gasteiger partial charge on any atom is -0.491 e. The third kappa shape index (κ3) is 5.28. The van der Waals surface area contributed by atoms with E-state index >= 15 is 0 Å². The van der Waals surface area contributed by atoms with Gasteiger partial charge < -0.3 is 15.2 Å². The Kier molecular flexibility index (Phi) is 6.72. The van der Waals surface area contributed by atoms with Crippen LogP contribution in [-0.2, 0) is 17.8 Å². The van der Waals surface area contributed by atoms with Gasteiger partial charge in [0.15, 0.2) is 0 Å². The largest absolute Gasteiger partial charge is 0.491 e. The standard InChI is InChI=1S/C26H23FN2O3/c27-20-14-22-23(29-15-20)11-12-24(31-17-21(28)13-18-7-3-1-4-8-18)25(22)26(30)32-16-19-9-5-2-6-10-19/h1-12,14-15,21H,13,16-17,28H2/t21-/m0/s1. The number of pyridine rings is 1. The topological polar surface area (TPSA) is 74.4 Å². The van der Waals surface area contributed by atoms with E-state index in [1.807, 2.05) is 60.7 Å². The van der Waals surface area contributed by atoms with Gasteiger partial charge in [-0.3, -0.25) is 4.98 Å². The number of carbonyl (C=O) groups is 1. The van der Waals surface area contributed by atoms with Gasteiger partial charge in [0.1, 0.15) is 30.3 Å². The van der Waals surface area contributed by atoms with Crippen LogP contribution in [0.15, 0.2) is 85.1 Å². The number of nitrogens with two attached hydrogens (primary N) is 1. The molecule has 0 spiro atoms. The van der Waals surface area contributed by atoms with Crippen molar-refractivity contribution in [3.05, 3.63) is 108 Å². The van der Waals surface area contributed by atoms with Crippen LogP contribution >= 0.6 is 0 Å². The summed E-state index contributed by atoms with van der Waals surface area (Å²) in [5.41, 5.74) is 8.78. The molecule has 0 saturated heterocycles. The number of halogens is 1. The van der Waals surface area contributed by atoms with E-state index in [2.05, 4.69) is 4.98 Å². The molecular weight excluding hydrogens is 407 g/mol. The van der Waals surface area contributed by atoms with Crippen molar-refractivity contribution in [1.29, 1.82) is 0 Å². The Morgan fingerprint density at radius 1 is 0.969 bits per heavy atom. The number of carbonyl (C=O) groups excluding carboxylic acids is 1. The van der Waals surface area contributed by atoms with Crippen molar-refractivity contribution in [2.45, 2.75) is 19.1 Å². The lowest BCUT2D eigenvalue weighted by molar-refractivity contribution is 0.0470. The van der Waals surface area contributed by atoms with Crippen LogP contribution in [0.25, 0.3) is 10.9 Å². The maximum atomic E-state index is 13.9. The van der Waals surface area contributed by atoms with Crippen molar-refractivity contribution in [2.24, 2.45) is 5.73 Å². The van der Waals surface area contributed by atoms with Crippen LogP contribution in [0.2, 0.25) is 0 Å². The predicted octanol–water partition coefficient (Wildman–Crippen LogP) is 4.68. The van der Waals surface area contributed by atoms with Crippen molar-refractivity contribution in [1.82, 2.24) is 4.98 Å². The van der Waals surface area contributed by atoms with E-state index in [1.54, 1.807) is 12.1 Å². The molecule has 162 valence electrons. The Hall–Kier alpha value is -3.77. The van der Waals surface area contributed by atoms with Gasteiger partial charge in [-0.25, -0.2) is 9.18 Å². The van der Waals surface area contributed by atoms with Gasteiger partial charge in [-0.05, 0) is 35.7 Å².